The molecule has 1 heterocycles. The van der Waals surface area contributed by atoms with Gasteiger partial charge in [0, 0.05) is 24.9 Å². The molecule has 7 nitrogen and oxygen atoms in total. The number of pyridine rings is 1. The van der Waals surface area contributed by atoms with Gasteiger partial charge in [0.2, 0.25) is 0 Å². The van der Waals surface area contributed by atoms with Gasteiger partial charge in [0.1, 0.15) is 17.6 Å². The SMILES string of the molecule is CNc1cc(C(=O)NCC(C)SC)c([N+](=O)[O-])cn1. The lowest BCUT2D eigenvalue weighted by Crippen LogP contribution is -2.30. The van der Waals surface area contributed by atoms with E-state index < -0.39 is 10.8 Å². The van der Waals surface area contributed by atoms with Crippen molar-refractivity contribution in [2.75, 3.05) is 25.2 Å². The number of nitrogens with zero attached hydrogens (tertiary/aromatic N) is 2. The predicted molar refractivity (Wildman–Crippen MR) is 75.7 cm³/mol. The van der Waals surface area contributed by atoms with Crippen LogP contribution in [-0.2, 0) is 0 Å². The van der Waals surface area contributed by atoms with Crippen LogP contribution in [0.4, 0.5) is 11.5 Å². The highest BCUT2D eigenvalue weighted by molar-refractivity contribution is 7.99. The summed E-state index contributed by atoms with van der Waals surface area (Å²) in [5.41, 5.74) is -0.286. The molecule has 0 saturated carbocycles. The van der Waals surface area contributed by atoms with Crippen molar-refractivity contribution in [3.05, 3.63) is 27.9 Å². The fraction of sp³-hybridized carbons (Fsp3) is 0.455. The molecule has 0 radical (unpaired) electrons. The number of aromatic nitrogens is 1. The molecule has 0 bridgehead atoms. The molecule has 0 fully saturated rings. The summed E-state index contributed by atoms with van der Waals surface area (Å²) in [7, 11) is 1.63. The van der Waals surface area contributed by atoms with Crippen LogP contribution in [-0.4, -0.2) is 40.9 Å². The van der Waals surface area contributed by atoms with Gasteiger partial charge in [0.05, 0.1) is 4.92 Å². The van der Waals surface area contributed by atoms with Crippen molar-refractivity contribution in [1.29, 1.82) is 0 Å². The van der Waals surface area contributed by atoms with Gasteiger partial charge in [-0.2, -0.15) is 11.8 Å². The molecular weight excluding hydrogens is 268 g/mol. The Labute approximate surface area is 115 Å². The number of thioether (sulfide) groups is 1. The molecule has 1 aromatic heterocycles. The summed E-state index contributed by atoms with van der Waals surface area (Å²) in [5, 5.41) is 16.5. The summed E-state index contributed by atoms with van der Waals surface area (Å²) in [6.45, 7) is 2.42. The lowest BCUT2D eigenvalue weighted by molar-refractivity contribution is -0.385. The van der Waals surface area contributed by atoms with Crippen LogP contribution < -0.4 is 10.6 Å². The van der Waals surface area contributed by atoms with E-state index in [-0.39, 0.29) is 16.5 Å². The van der Waals surface area contributed by atoms with Crippen molar-refractivity contribution in [2.45, 2.75) is 12.2 Å². The normalized spacial score (nSPS) is 11.7. The molecular formula is C11H16N4O3S. The number of hydrogen-bond acceptors (Lipinski definition) is 6. The average molecular weight is 284 g/mol. The molecule has 1 rings (SSSR count). The molecule has 1 atom stereocenters. The van der Waals surface area contributed by atoms with Gasteiger partial charge in [0.25, 0.3) is 11.6 Å². The summed E-state index contributed by atoms with van der Waals surface area (Å²) >= 11 is 1.61. The zero-order valence-electron chi connectivity index (χ0n) is 11.0. The maximum Gasteiger partial charge on any atom is 0.300 e. The molecule has 0 aliphatic rings. The molecule has 2 N–H and O–H groups in total. The van der Waals surface area contributed by atoms with Gasteiger partial charge in [-0.3, -0.25) is 14.9 Å². The molecule has 0 spiro atoms. The van der Waals surface area contributed by atoms with E-state index in [0.29, 0.717) is 12.4 Å². The summed E-state index contributed by atoms with van der Waals surface area (Å²) in [5.74, 6) is -0.0554. The van der Waals surface area contributed by atoms with Gasteiger partial charge in [-0.1, -0.05) is 6.92 Å². The third kappa shape index (κ3) is 4.09. The van der Waals surface area contributed by atoms with E-state index in [9.17, 15) is 14.9 Å². The second kappa shape index (κ2) is 6.93. The van der Waals surface area contributed by atoms with Crippen LogP contribution in [0.15, 0.2) is 12.3 Å². The van der Waals surface area contributed by atoms with Gasteiger partial charge in [0.15, 0.2) is 0 Å². The fourth-order valence-corrected chi connectivity index (χ4v) is 1.58. The Bertz CT molecular complexity index is 481. The van der Waals surface area contributed by atoms with E-state index in [2.05, 4.69) is 15.6 Å². The predicted octanol–water partition coefficient (Wildman–Crippen LogP) is 1.51. The first-order valence-corrected chi connectivity index (χ1v) is 6.91. The zero-order valence-corrected chi connectivity index (χ0v) is 11.8. The Balaban J connectivity index is 2.95. The van der Waals surface area contributed by atoms with Gasteiger partial charge in [-0.05, 0) is 6.26 Å². The van der Waals surface area contributed by atoms with Crippen LogP contribution in [0.1, 0.15) is 17.3 Å². The highest BCUT2D eigenvalue weighted by Crippen LogP contribution is 2.20. The van der Waals surface area contributed by atoms with Crippen LogP contribution in [0.2, 0.25) is 0 Å². The minimum Gasteiger partial charge on any atom is -0.373 e. The van der Waals surface area contributed by atoms with Gasteiger partial charge in [-0.15, -0.1) is 0 Å². The lowest BCUT2D eigenvalue weighted by Gasteiger charge is -2.10. The van der Waals surface area contributed by atoms with E-state index in [0.717, 1.165) is 6.20 Å². The minimum atomic E-state index is -0.612. The molecule has 19 heavy (non-hydrogen) atoms. The Morgan fingerprint density at radius 3 is 2.84 bits per heavy atom. The largest absolute Gasteiger partial charge is 0.373 e. The van der Waals surface area contributed by atoms with E-state index in [1.807, 2.05) is 13.2 Å². The van der Waals surface area contributed by atoms with E-state index in [4.69, 9.17) is 0 Å². The van der Waals surface area contributed by atoms with Gasteiger partial charge >= 0.3 is 0 Å². The molecule has 1 amide bonds. The van der Waals surface area contributed by atoms with Crippen molar-refractivity contribution in [1.82, 2.24) is 10.3 Å². The molecule has 0 saturated heterocycles. The van der Waals surface area contributed by atoms with Crippen molar-refractivity contribution >= 4 is 29.2 Å². The third-order valence-corrected chi connectivity index (χ3v) is 3.50. The maximum absolute atomic E-state index is 12.0. The first-order chi connectivity index (χ1) is 8.99. The van der Waals surface area contributed by atoms with Crippen molar-refractivity contribution in [3.8, 4) is 0 Å². The quantitative estimate of drug-likeness (QED) is 0.607. The number of carbonyl (C=O) groups is 1. The number of nitro groups is 1. The van der Waals surface area contributed by atoms with Gasteiger partial charge in [-0.25, -0.2) is 4.98 Å². The lowest BCUT2D eigenvalue weighted by atomic mass is 10.2. The summed E-state index contributed by atoms with van der Waals surface area (Å²) < 4.78 is 0. The second-order valence-electron chi connectivity index (χ2n) is 3.85. The Hall–Kier alpha value is -1.83. The third-order valence-electron chi connectivity index (χ3n) is 2.53. The monoisotopic (exact) mass is 284 g/mol. The molecule has 0 aliphatic heterocycles. The van der Waals surface area contributed by atoms with Crippen molar-refractivity contribution in [3.63, 3.8) is 0 Å². The molecule has 1 aromatic rings. The average Bonchev–Trinajstić information content (AvgIpc) is 2.43. The van der Waals surface area contributed by atoms with Crippen LogP contribution >= 0.6 is 11.8 Å². The molecule has 1 unspecified atom stereocenters. The summed E-state index contributed by atoms with van der Waals surface area (Å²) in [4.78, 5) is 26.1. The van der Waals surface area contributed by atoms with E-state index in [1.165, 1.54) is 6.07 Å². The first kappa shape index (κ1) is 15.2. The number of amides is 1. The fourth-order valence-electron chi connectivity index (χ4n) is 1.33. The standard InChI is InChI=1S/C11H16N4O3S/c1-7(19-3)5-14-11(16)8-4-10(12-2)13-6-9(8)15(17)18/h4,6-7H,5H2,1-3H3,(H,12,13)(H,14,16). The maximum atomic E-state index is 12.0. The van der Waals surface area contributed by atoms with Crippen LogP contribution in [0, 0.1) is 10.1 Å². The van der Waals surface area contributed by atoms with Crippen molar-refractivity contribution < 1.29 is 9.72 Å². The zero-order chi connectivity index (χ0) is 14.4. The Morgan fingerprint density at radius 2 is 2.32 bits per heavy atom. The summed E-state index contributed by atoms with van der Waals surface area (Å²) in [6, 6.07) is 1.37. The molecule has 0 aliphatic carbocycles. The number of nitrogens with one attached hydrogen (secondary N) is 2. The van der Waals surface area contributed by atoms with E-state index >= 15 is 0 Å². The van der Waals surface area contributed by atoms with Crippen molar-refractivity contribution in [2.24, 2.45) is 0 Å². The highest BCUT2D eigenvalue weighted by Gasteiger charge is 2.21. The van der Waals surface area contributed by atoms with E-state index in [1.54, 1.807) is 18.8 Å². The number of anilines is 1. The Kier molecular flexibility index (Phi) is 5.56. The topological polar surface area (TPSA) is 97.2 Å². The first-order valence-electron chi connectivity index (χ1n) is 5.62. The second-order valence-corrected chi connectivity index (χ2v) is 5.13. The van der Waals surface area contributed by atoms with Crippen LogP contribution in [0.3, 0.4) is 0 Å². The number of carbonyl (C=O) groups excluding carboxylic acids is 1. The molecule has 0 aromatic carbocycles. The van der Waals surface area contributed by atoms with Crippen LogP contribution in [0.5, 0.6) is 0 Å². The number of hydrogen-bond donors (Lipinski definition) is 2. The number of rotatable bonds is 6. The van der Waals surface area contributed by atoms with Crippen LogP contribution in [0.25, 0.3) is 0 Å². The summed E-state index contributed by atoms with van der Waals surface area (Å²) in [6.07, 6.45) is 3.02. The smallest absolute Gasteiger partial charge is 0.300 e. The minimum absolute atomic E-state index is 0.0117. The Morgan fingerprint density at radius 1 is 1.63 bits per heavy atom. The molecule has 104 valence electrons. The van der Waals surface area contributed by atoms with Gasteiger partial charge < -0.3 is 10.6 Å². The molecule has 8 heteroatoms. The highest BCUT2D eigenvalue weighted by atomic mass is 32.2.